The van der Waals surface area contributed by atoms with Gasteiger partial charge in [-0.15, -0.1) is 0 Å². The van der Waals surface area contributed by atoms with Gasteiger partial charge in [0.05, 0.1) is 13.3 Å². The fraction of sp³-hybridized carbons (Fsp3) is 0.533. The lowest BCUT2D eigenvalue weighted by molar-refractivity contribution is -0.121. The van der Waals surface area contributed by atoms with Crippen LogP contribution in [-0.4, -0.2) is 36.2 Å². The molecule has 0 fully saturated rings. The summed E-state index contributed by atoms with van der Waals surface area (Å²) in [5.41, 5.74) is 0.287. The largest absolute Gasteiger partial charge is 0.495 e. The molecule has 1 rings (SSSR count). The van der Waals surface area contributed by atoms with Gasteiger partial charge < -0.3 is 20.1 Å². The summed E-state index contributed by atoms with van der Waals surface area (Å²) in [4.78, 5) is 27.1. The molecule has 0 radical (unpaired) electrons. The van der Waals surface area contributed by atoms with Crippen molar-refractivity contribution in [2.75, 3.05) is 13.7 Å². The van der Waals surface area contributed by atoms with E-state index >= 15 is 0 Å². The third-order valence-corrected chi connectivity index (χ3v) is 2.59. The van der Waals surface area contributed by atoms with Crippen LogP contribution >= 0.6 is 0 Å². The van der Waals surface area contributed by atoms with Crippen LogP contribution in [-0.2, 0) is 16.1 Å². The molecule has 2 N–H and O–H groups in total. The van der Waals surface area contributed by atoms with Crippen LogP contribution in [0.3, 0.4) is 0 Å². The third kappa shape index (κ3) is 6.92. The van der Waals surface area contributed by atoms with E-state index in [1.54, 1.807) is 46.3 Å². The summed E-state index contributed by atoms with van der Waals surface area (Å²) in [6.45, 7) is 5.90. The van der Waals surface area contributed by atoms with Crippen molar-refractivity contribution in [3.8, 4) is 5.75 Å². The Morgan fingerprint density at radius 3 is 2.64 bits per heavy atom. The first-order chi connectivity index (χ1) is 10.3. The minimum Gasteiger partial charge on any atom is -0.495 e. The van der Waals surface area contributed by atoms with Gasteiger partial charge in [-0.3, -0.25) is 9.78 Å². The van der Waals surface area contributed by atoms with Crippen LogP contribution in [0.1, 0.15) is 32.8 Å². The van der Waals surface area contributed by atoms with Crippen LogP contribution in [0.5, 0.6) is 5.75 Å². The van der Waals surface area contributed by atoms with E-state index < -0.39 is 11.7 Å². The second-order valence-electron chi connectivity index (χ2n) is 5.64. The highest BCUT2D eigenvalue weighted by Crippen LogP contribution is 2.14. The Bertz CT molecular complexity index is 512. The number of hydrogen-bond donors (Lipinski definition) is 2. The quantitative estimate of drug-likeness (QED) is 0.833. The van der Waals surface area contributed by atoms with Crippen LogP contribution in [0.2, 0.25) is 0 Å². The monoisotopic (exact) mass is 309 g/mol. The lowest BCUT2D eigenvalue weighted by Gasteiger charge is -2.19. The molecule has 1 aromatic rings. The summed E-state index contributed by atoms with van der Waals surface area (Å²) in [6.07, 6.45) is 2.86. The number of nitrogens with one attached hydrogen (secondary N) is 2. The molecule has 0 aliphatic rings. The Hall–Kier alpha value is -2.31. The second-order valence-corrected chi connectivity index (χ2v) is 5.64. The maximum atomic E-state index is 11.7. The Morgan fingerprint density at radius 2 is 2.00 bits per heavy atom. The molecule has 1 heterocycles. The van der Waals surface area contributed by atoms with Gasteiger partial charge in [-0.25, -0.2) is 4.79 Å². The Morgan fingerprint density at radius 1 is 1.27 bits per heavy atom. The van der Waals surface area contributed by atoms with Crippen molar-refractivity contribution in [3.63, 3.8) is 0 Å². The molecule has 0 aliphatic heterocycles. The molecule has 0 saturated carbocycles. The van der Waals surface area contributed by atoms with Gasteiger partial charge in [-0.1, -0.05) is 0 Å². The van der Waals surface area contributed by atoms with E-state index in [2.05, 4.69) is 15.6 Å². The number of carbonyl (C=O) groups excluding carboxylic acids is 2. The second kappa shape index (κ2) is 8.21. The molecule has 1 aromatic heterocycles. The van der Waals surface area contributed by atoms with Crippen molar-refractivity contribution in [1.29, 1.82) is 0 Å². The first-order valence-corrected chi connectivity index (χ1v) is 7.02. The molecule has 0 unspecified atom stereocenters. The van der Waals surface area contributed by atoms with Crippen molar-refractivity contribution in [1.82, 2.24) is 15.6 Å². The normalized spacial score (nSPS) is 10.7. The topological polar surface area (TPSA) is 89.5 Å². The van der Waals surface area contributed by atoms with E-state index in [9.17, 15) is 9.59 Å². The first-order valence-electron chi connectivity index (χ1n) is 7.02. The summed E-state index contributed by atoms with van der Waals surface area (Å²) >= 11 is 0. The van der Waals surface area contributed by atoms with Crippen molar-refractivity contribution < 1.29 is 19.1 Å². The van der Waals surface area contributed by atoms with E-state index in [4.69, 9.17) is 9.47 Å². The first kappa shape index (κ1) is 17.7. The maximum Gasteiger partial charge on any atom is 0.407 e. The van der Waals surface area contributed by atoms with E-state index in [0.717, 1.165) is 5.56 Å². The number of carbonyl (C=O) groups is 2. The zero-order valence-corrected chi connectivity index (χ0v) is 13.4. The highest BCUT2D eigenvalue weighted by molar-refractivity contribution is 5.77. The van der Waals surface area contributed by atoms with E-state index in [1.807, 2.05) is 0 Å². The van der Waals surface area contributed by atoms with Gasteiger partial charge in [-0.2, -0.15) is 0 Å². The van der Waals surface area contributed by atoms with Crippen LogP contribution < -0.4 is 15.4 Å². The molecule has 122 valence electrons. The molecule has 0 saturated heterocycles. The molecule has 0 bridgehead atoms. The lowest BCUT2D eigenvalue weighted by Crippen LogP contribution is -2.35. The smallest absolute Gasteiger partial charge is 0.407 e. The number of pyridine rings is 1. The van der Waals surface area contributed by atoms with Gasteiger partial charge in [0, 0.05) is 31.3 Å². The number of nitrogens with zero attached hydrogens (tertiary/aromatic N) is 1. The van der Waals surface area contributed by atoms with Crippen LogP contribution in [0, 0.1) is 0 Å². The predicted molar refractivity (Wildman–Crippen MR) is 81.5 cm³/mol. The van der Waals surface area contributed by atoms with Crippen LogP contribution in [0.4, 0.5) is 4.79 Å². The van der Waals surface area contributed by atoms with E-state index in [-0.39, 0.29) is 18.9 Å². The molecule has 2 amide bonds. The predicted octanol–water partition coefficient (Wildman–Crippen LogP) is 1.62. The van der Waals surface area contributed by atoms with E-state index in [1.165, 1.54) is 0 Å². The van der Waals surface area contributed by atoms with Crippen molar-refractivity contribution in [2.45, 2.75) is 39.3 Å². The highest BCUT2D eigenvalue weighted by atomic mass is 16.6. The average Bonchev–Trinajstić information content (AvgIpc) is 2.43. The molecular formula is C15H23N3O4. The maximum absolute atomic E-state index is 11.7. The molecular weight excluding hydrogens is 286 g/mol. The standard InChI is InChI=1S/C15H23N3O4/c1-15(2,3)22-14(20)17-8-6-13(19)18-9-11-5-7-16-10-12(11)21-4/h5,7,10H,6,8-9H2,1-4H3,(H,17,20)(H,18,19). The Kier molecular flexibility index (Phi) is 6.62. The summed E-state index contributed by atoms with van der Waals surface area (Å²) in [5, 5.41) is 5.29. The summed E-state index contributed by atoms with van der Waals surface area (Å²) in [6, 6.07) is 1.78. The third-order valence-electron chi connectivity index (χ3n) is 2.59. The van der Waals surface area contributed by atoms with Crippen molar-refractivity contribution in [3.05, 3.63) is 24.0 Å². The summed E-state index contributed by atoms with van der Waals surface area (Å²) in [7, 11) is 1.55. The van der Waals surface area contributed by atoms with Gasteiger partial charge in [0.2, 0.25) is 5.91 Å². The Balaban J connectivity index is 2.28. The van der Waals surface area contributed by atoms with Gasteiger partial charge in [0.15, 0.2) is 0 Å². The number of aromatic nitrogens is 1. The van der Waals surface area contributed by atoms with Gasteiger partial charge >= 0.3 is 6.09 Å². The summed E-state index contributed by atoms with van der Waals surface area (Å²) < 4.78 is 10.2. The molecule has 22 heavy (non-hydrogen) atoms. The number of amides is 2. The minimum atomic E-state index is -0.551. The number of rotatable bonds is 6. The molecule has 0 spiro atoms. The Labute approximate surface area is 130 Å². The summed E-state index contributed by atoms with van der Waals surface area (Å²) in [5.74, 6) is 0.449. The zero-order valence-electron chi connectivity index (χ0n) is 13.4. The lowest BCUT2D eigenvalue weighted by atomic mass is 10.2. The van der Waals surface area contributed by atoms with Crippen molar-refractivity contribution in [2.24, 2.45) is 0 Å². The fourth-order valence-electron chi connectivity index (χ4n) is 1.61. The zero-order chi connectivity index (χ0) is 16.6. The van der Waals surface area contributed by atoms with Crippen LogP contribution in [0.15, 0.2) is 18.5 Å². The molecule has 0 aromatic carbocycles. The SMILES string of the molecule is COc1cnccc1CNC(=O)CCNC(=O)OC(C)(C)C. The van der Waals surface area contributed by atoms with Crippen LogP contribution in [0.25, 0.3) is 0 Å². The molecule has 7 nitrogen and oxygen atoms in total. The minimum absolute atomic E-state index is 0.171. The van der Waals surface area contributed by atoms with Gasteiger partial charge in [0.25, 0.3) is 0 Å². The van der Waals surface area contributed by atoms with Gasteiger partial charge in [-0.05, 0) is 26.8 Å². The number of ether oxygens (including phenoxy) is 2. The molecule has 7 heteroatoms. The number of methoxy groups -OCH3 is 1. The number of hydrogen-bond acceptors (Lipinski definition) is 5. The number of alkyl carbamates (subject to hydrolysis) is 1. The average molecular weight is 309 g/mol. The van der Waals surface area contributed by atoms with E-state index in [0.29, 0.717) is 12.3 Å². The molecule has 0 atom stereocenters. The van der Waals surface area contributed by atoms with Gasteiger partial charge in [0.1, 0.15) is 11.4 Å². The molecule has 0 aliphatic carbocycles. The van der Waals surface area contributed by atoms with Crippen molar-refractivity contribution >= 4 is 12.0 Å². The highest BCUT2D eigenvalue weighted by Gasteiger charge is 2.15. The fourth-order valence-corrected chi connectivity index (χ4v) is 1.61.